The summed E-state index contributed by atoms with van der Waals surface area (Å²) in [4.78, 5) is 0. The second-order valence-corrected chi connectivity index (χ2v) is 35.1. The van der Waals surface area contributed by atoms with Crippen molar-refractivity contribution in [1.82, 2.24) is 0 Å². The van der Waals surface area contributed by atoms with Crippen LogP contribution in [0.1, 0.15) is 251 Å². The van der Waals surface area contributed by atoms with Crippen LogP contribution in [0.5, 0.6) is 63.2 Å². The van der Waals surface area contributed by atoms with Gasteiger partial charge in [-0.3, -0.25) is 0 Å². The van der Waals surface area contributed by atoms with Crippen molar-refractivity contribution < 1.29 is 64.9 Å². The summed E-state index contributed by atoms with van der Waals surface area (Å²) in [6.07, 6.45) is 24.3. The van der Waals surface area contributed by atoms with Gasteiger partial charge in [-0.15, -0.1) is 0 Å². The highest BCUT2D eigenvalue weighted by Gasteiger charge is 2.50. The number of fused-ring (bicyclic) bond motifs is 12. The van der Waals surface area contributed by atoms with E-state index in [1.165, 1.54) is 69.6 Å². The minimum Gasteiger partial charge on any atom is -0.508 e. The number of aromatic hydroxyl groups is 9. The molecule has 10 atom stereocenters. The van der Waals surface area contributed by atoms with Crippen LogP contribution in [-0.2, 0) is 35.2 Å². The summed E-state index contributed by atoms with van der Waals surface area (Å²) in [5.41, 5.74) is 6.73. The van der Waals surface area contributed by atoms with Gasteiger partial charge in [-0.1, -0.05) is 438 Å². The molecule has 8 fully saturated rings. The maximum atomic E-state index is 9.37. The van der Waals surface area contributed by atoms with Crippen molar-refractivity contribution in [3.8, 4) is 63.2 Å². The maximum absolute atomic E-state index is 9.37. The molecule has 816 valence electrons. The van der Waals surface area contributed by atoms with Crippen LogP contribution in [0.15, 0.2) is 400 Å². The average Bonchev–Trinajstić information content (AvgIpc) is 1.62. The first kappa shape index (κ1) is 137. The number of phenols is 9. The summed E-state index contributed by atoms with van der Waals surface area (Å²) in [6, 6.07) is 124. The van der Waals surface area contributed by atoms with Crippen LogP contribution >= 0.6 is 0 Å². The van der Waals surface area contributed by atoms with Crippen LogP contribution in [0.25, 0.3) is 21.5 Å². The summed E-state index contributed by atoms with van der Waals surface area (Å²) in [6.45, 7) is 35.9. The normalized spacial score (nSPS) is 16.9. The molecule has 13 nitrogen and oxygen atoms in total. The second kappa shape index (κ2) is 85.4. The molecule has 0 aromatic heterocycles. The Morgan fingerprint density at radius 3 is 0.633 bits per heavy atom. The minimum atomic E-state index is 0. The number of phenolic OH excluding ortho intramolecular Hbond substituents is 9. The summed E-state index contributed by atoms with van der Waals surface area (Å²) in [5, 5.41) is 83.8. The summed E-state index contributed by atoms with van der Waals surface area (Å²) >= 11 is 0. The third-order valence-corrected chi connectivity index (χ3v) is 25.2. The number of epoxide rings is 2. The fourth-order valence-electron chi connectivity index (χ4n) is 17.8. The Morgan fingerprint density at radius 1 is 0.240 bits per heavy atom. The van der Waals surface area contributed by atoms with E-state index >= 15 is 0 Å². The van der Waals surface area contributed by atoms with Gasteiger partial charge in [-0.05, 0) is 297 Å². The second-order valence-electron chi connectivity index (χ2n) is 35.1. The molecule has 13 heteroatoms. The standard InChI is InChI=1S/2C10H8O.2C10H16.2C10H14.2C9H10O2.C9H12O.6C6H6O.5C2H6.4CH4/c2*11-10-7-3-5-8-4-1-2-6-9(8)10;2*1-2-9-7-4-5-8(6-7)10(9)3-1;2*1-3-9-5-7-10(4-2)8-6-9;2*1-2-4-8(5-3-1)10-6-9-7-11-9;1-7(2)8-5-3-4-6-9(8)10;6*7-6-4-2-1-3-5-6;5*1-2;;;;/h2*1-7,11H;2*7-10H,1-6H2;2*5-8H,3-4H2,1-2H3;2*1-5,9H,6-7H2;3-7,10H,1-2H3;6*1-5,7H;5*1-2H3;4*1H4. The third-order valence-electron chi connectivity index (χ3n) is 25.2. The monoisotopic (exact) mass is 2040 g/mol. The molecule has 2 saturated heterocycles. The predicted octanol–water partition coefficient (Wildman–Crippen LogP) is 37.9. The lowest BCUT2D eigenvalue weighted by Crippen LogP contribution is -2.15. The summed E-state index contributed by atoms with van der Waals surface area (Å²) < 4.78 is 20.8. The molecule has 8 aliphatic rings. The molecule has 0 amide bonds. The lowest BCUT2D eigenvalue weighted by molar-refractivity contribution is 0.259. The number of ether oxygens (including phenoxy) is 4. The third kappa shape index (κ3) is 56.8. The number of para-hydroxylation sites is 9. The lowest BCUT2D eigenvalue weighted by Gasteiger charge is -2.23. The van der Waals surface area contributed by atoms with E-state index in [-0.39, 0.29) is 29.7 Å². The molecule has 9 N–H and O–H groups in total. The Bertz CT molecular complexity index is 4990. The largest absolute Gasteiger partial charge is 0.508 e. The van der Waals surface area contributed by atoms with Gasteiger partial charge >= 0.3 is 0 Å². The summed E-state index contributed by atoms with van der Waals surface area (Å²) in [5.74, 6) is 14.9. The topological polar surface area (TPSA) is 226 Å². The van der Waals surface area contributed by atoms with Crippen molar-refractivity contribution in [2.75, 3.05) is 26.4 Å². The highest BCUT2D eigenvalue weighted by Crippen LogP contribution is 2.59. The van der Waals surface area contributed by atoms with Crippen LogP contribution < -0.4 is 9.47 Å². The molecule has 4 bridgehead atoms. The molecule has 15 aromatic rings. The molecular formula is C137H190O13. The molecule has 6 aliphatic carbocycles. The van der Waals surface area contributed by atoms with Gasteiger partial charge in [-0.2, -0.15) is 0 Å². The van der Waals surface area contributed by atoms with E-state index in [9.17, 15) is 15.3 Å². The number of rotatable bonds is 11. The fourth-order valence-corrected chi connectivity index (χ4v) is 17.8. The smallest absolute Gasteiger partial charge is 0.123 e. The summed E-state index contributed by atoms with van der Waals surface area (Å²) in [7, 11) is 0. The zero-order valence-electron chi connectivity index (χ0n) is 90.3. The van der Waals surface area contributed by atoms with E-state index in [4.69, 9.17) is 49.6 Å². The van der Waals surface area contributed by atoms with E-state index in [2.05, 4.69) is 90.1 Å². The van der Waals surface area contributed by atoms with E-state index in [0.717, 1.165) is 77.5 Å². The van der Waals surface area contributed by atoms with Crippen molar-refractivity contribution in [2.45, 2.75) is 261 Å². The van der Waals surface area contributed by atoms with Gasteiger partial charge in [0.2, 0.25) is 0 Å². The van der Waals surface area contributed by atoms with Crippen LogP contribution in [0.3, 0.4) is 0 Å². The van der Waals surface area contributed by atoms with Crippen molar-refractivity contribution in [1.29, 1.82) is 0 Å². The predicted molar refractivity (Wildman–Crippen MR) is 643 cm³/mol. The Labute approximate surface area is 907 Å². The number of hydrogen-bond donors (Lipinski definition) is 9. The molecule has 10 unspecified atom stereocenters. The van der Waals surface area contributed by atoms with Gasteiger partial charge in [-0.25, -0.2) is 0 Å². The molecular weight excluding hydrogens is 1850 g/mol. The molecule has 0 radical (unpaired) electrons. The van der Waals surface area contributed by atoms with Crippen LogP contribution in [0, 0.1) is 47.3 Å². The molecule has 2 heterocycles. The molecule has 150 heavy (non-hydrogen) atoms. The zero-order valence-corrected chi connectivity index (χ0v) is 90.3. The van der Waals surface area contributed by atoms with E-state index in [1.807, 2.05) is 257 Å². The average molecular weight is 2050 g/mol. The molecule has 0 spiro atoms. The number of hydrogen-bond acceptors (Lipinski definition) is 13. The van der Waals surface area contributed by atoms with Gasteiger partial charge in [0.05, 0.1) is 13.2 Å². The van der Waals surface area contributed by atoms with E-state index in [1.54, 1.807) is 241 Å². The van der Waals surface area contributed by atoms with E-state index < -0.39 is 0 Å². The van der Waals surface area contributed by atoms with Gasteiger partial charge < -0.3 is 64.9 Å². The van der Waals surface area contributed by atoms with Gasteiger partial charge in [0.1, 0.15) is 88.7 Å². The van der Waals surface area contributed by atoms with Crippen LogP contribution in [0.2, 0.25) is 0 Å². The van der Waals surface area contributed by atoms with Crippen molar-refractivity contribution >= 4 is 21.5 Å². The Kier molecular flexibility index (Phi) is 77.7. The van der Waals surface area contributed by atoms with E-state index in [0.29, 0.717) is 83.1 Å². The van der Waals surface area contributed by atoms with Crippen molar-refractivity contribution in [2.24, 2.45) is 47.3 Å². The molecule has 2 aliphatic heterocycles. The SMILES string of the molecule is C.C.C.C.C1CC2C3CCC(C3)C2C1.C1CC2C3CCC(C3)C2C1.CC.CC.CC.CC.CC.CC(C)c1ccccc1O.CCc1ccc(CC)cc1.CCc1ccc(CC)cc1.Oc1cccc2ccccc12.Oc1cccc2ccccc12.Oc1ccccc1.Oc1ccccc1.Oc1ccccc1.Oc1ccccc1.Oc1ccccc1.Oc1ccccc1.c1ccc(OCC2CO2)cc1.c1ccc(OCC2CO2)cc1. The minimum absolute atomic E-state index is 0. The Balaban J connectivity index is 0.00000158. The number of aryl methyl sites for hydroxylation is 4. The Hall–Kier alpha value is -13.5. The van der Waals surface area contributed by atoms with Crippen LogP contribution in [-0.4, -0.2) is 84.6 Å². The van der Waals surface area contributed by atoms with Crippen molar-refractivity contribution in [3.05, 3.63) is 428 Å². The quantitative estimate of drug-likeness (QED) is 0.0550. The Morgan fingerprint density at radius 2 is 0.440 bits per heavy atom. The highest BCUT2D eigenvalue weighted by molar-refractivity contribution is 5.88. The molecule has 15 aromatic carbocycles. The van der Waals surface area contributed by atoms with Gasteiger partial charge in [0.15, 0.2) is 0 Å². The van der Waals surface area contributed by atoms with Gasteiger partial charge in [0, 0.05) is 10.8 Å². The zero-order chi connectivity index (χ0) is 107. The highest BCUT2D eigenvalue weighted by atomic mass is 16.6. The molecule has 23 rings (SSSR count). The fraction of sp³-hybridized carbons (Fsp3) is 0.372. The maximum Gasteiger partial charge on any atom is 0.123 e. The first-order chi connectivity index (χ1) is 71.4. The van der Waals surface area contributed by atoms with Crippen molar-refractivity contribution in [3.63, 3.8) is 0 Å². The first-order valence-electron chi connectivity index (χ1n) is 53.7. The van der Waals surface area contributed by atoms with Gasteiger partial charge in [0.25, 0.3) is 0 Å². The first-order valence-corrected chi connectivity index (χ1v) is 53.7. The number of benzene rings is 15. The van der Waals surface area contributed by atoms with Crippen LogP contribution in [0.4, 0.5) is 0 Å². The molecule has 6 saturated carbocycles. The lowest BCUT2D eigenvalue weighted by atomic mass is 9.82.